The third-order valence-electron chi connectivity index (χ3n) is 4.22. The van der Waals surface area contributed by atoms with E-state index in [-0.39, 0.29) is 23.4 Å². The van der Waals surface area contributed by atoms with Crippen molar-refractivity contribution < 1.29 is 14.3 Å². The highest BCUT2D eigenvalue weighted by Gasteiger charge is 2.53. The number of aryl methyl sites for hydroxylation is 1. The van der Waals surface area contributed by atoms with E-state index in [9.17, 15) is 9.59 Å². The summed E-state index contributed by atoms with van der Waals surface area (Å²) in [5.74, 6) is 0.413. The molecule has 2 atom stereocenters. The summed E-state index contributed by atoms with van der Waals surface area (Å²) in [7, 11) is 0. The molecule has 3 rings (SSSR count). The van der Waals surface area contributed by atoms with E-state index in [0.29, 0.717) is 12.2 Å². The third-order valence-corrected chi connectivity index (χ3v) is 5.72. The Labute approximate surface area is 128 Å². The molecular formula is C16H19NO3S. The first-order valence-electron chi connectivity index (χ1n) is 7.18. The van der Waals surface area contributed by atoms with Gasteiger partial charge in [0.15, 0.2) is 0 Å². The van der Waals surface area contributed by atoms with Crippen molar-refractivity contribution in [1.29, 1.82) is 0 Å². The quantitative estimate of drug-likeness (QED) is 0.805. The molecule has 0 radical (unpaired) electrons. The molecule has 2 fully saturated rings. The lowest BCUT2D eigenvalue weighted by Crippen LogP contribution is -2.46. The van der Waals surface area contributed by atoms with Gasteiger partial charge in [-0.25, -0.2) is 4.79 Å². The van der Waals surface area contributed by atoms with E-state index in [1.165, 1.54) is 5.56 Å². The molecule has 0 unspecified atom stereocenters. The van der Waals surface area contributed by atoms with Gasteiger partial charge in [0, 0.05) is 12.2 Å². The fraction of sp³-hybridized carbons (Fsp3) is 0.500. The van der Waals surface area contributed by atoms with E-state index in [4.69, 9.17) is 4.74 Å². The lowest BCUT2D eigenvalue weighted by molar-refractivity contribution is -0.154. The second kappa shape index (κ2) is 5.37. The zero-order valence-corrected chi connectivity index (χ0v) is 13.1. The summed E-state index contributed by atoms with van der Waals surface area (Å²) >= 11 is 1.68. The van der Waals surface area contributed by atoms with Crippen LogP contribution >= 0.6 is 11.8 Å². The summed E-state index contributed by atoms with van der Waals surface area (Å²) in [6.07, 6.45) is 1.35. The van der Waals surface area contributed by atoms with Gasteiger partial charge in [0.05, 0.1) is 4.87 Å². The van der Waals surface area contributed by atoms with E-state index in [1.54, 1.807) is 16.7 Å². The first-order valence-corrected chi connectivity index (χ1v) is 8.16. The molecule has 0 aromatic heterocycles. The third kappa shape index (κ3) is 2.67. The number of hydrogen-bond donors (Lipinski definition) is 0. The number of thioether (sulfide) groups is 1. The van der Waals surface area contributed by atoms with Crippen molar-refractivity contribution in [2.75, 3.05) is 5.75 Å². The number of ether oxygens (including phenoxy) is 1. The van der Waals surface area contributed by atoms with Crippen molar-refractivity contribution in [3.8, 4) is 0 Å². The van der Waals surface area contributed by atoms with E-state index in [1.807, 2.05) is 38.1 Å². The Hall–Kier alpha value is -1.49. The topological polar surface area (TPSA) is 46.6 Å². The molecular weight excluding hydrogens is 286 g/mol. The molecule has 0 N–H and O–H groups in total. The summed E-state index contributed by atoms with van der Waals surface area (Å²) in [6.45, 7) is 4.32. The number of carbonyl (C=O) groups is 2. The van der Waals surface area contributed by atoms with Gasteiger partial charge in [0.1, 0.15) is 12.6 Å². The monoisotopic (exact) mass is 305 g/mol. The maximum Gasteiger partial charge on any atom is 0.330 e. The Morgan fingerprint density at radius 1 is 1.43 bits per heavy atom. The first kappa shape index (κ1) is 14.4. The Bertz CT molecular complexity index is 571. The summed E-state index contributed by atoms with van der Waals surface area (Å²) in [5, 5.41) is 0. The second-order valence-corrected chi connectivity index (χ2v) is 7.36. The summed E-state index contributed by atoms with van der Waals surface area (Å²) in [4.78, 5) is 25.8. The number of esters is 1. The highest BCUT2D eigenvalue weighted by Crippen LogP contribution is 2.47. The van der Waals surface area contributed by atoms with Gasteiger partial charge in [-0.05, 0) is 25.8 Å². The van der Waals surface area contributed by atoms with E-state index < -0.39 is 6.04 Å². The lowest BCUT2D eigenvalue weighted by Gasteiger charge is -2.29. The smallest absolute Gasteiger partial charge is 0.330 e. The zero-order chi connectivity index (χ0) is 15.0. The molecule has 1 aromatic rings. The van der Waals surface area contributed by atoms with Crippen LogP contribution in [0.3, 0.4) is 0 Å². The summed E-state index contributed by atoms with van der Waals surface area (Å²) in [5.41, 5.74) is 2.14. The van der Waals surface area contributed by atoms with Crippen LogP contribution in [0, 0.1) is 6.92 Å². The zero-order valence-electron chi connectivity index (χ0n) is 12.3. The normalized spacial score (nSPS) is 27.8. The van der Waals surface area contributed by atoms with Gasteiger partial charge in [0.25, 0.3) is 0 Å². The summed E-state index contributed by atoms with van der Waals surface area (Å²) in [6, 6.07) is 7.47. The van der Waals surface area contributed by atoms with Gasteiger partial charge < -0.3 is 9.64 Å². The molecule has 21 heavy (non-hydrogen) atoms. The second-order valence-electron chi connectivity index (χ2n) is 5.86. The van der Waals surface area contributed by atoms with Crippen molar-refractivity contribution >= 4 is 23.6 Å². The van der Waals surface area contributed by atoms with Crippen molar-refractivity contribution in [3.05, 3.63) is 35.4 Å². The molecule has 0 spiro atoms. The van der Waals surface area contributed by atoms with Gasteiger partial charge in [0.2, 0.25) is 5.91 Å². The standard InChI is InChI=1S/C16H19NO3S/c1-11-3-5-12(6-4-11)9-20-15(19)13-10-21-16(2)8-7-14(18)17(13)16/h3-6,13H,7-10H2,1-2H3/t13-,16-/m0/s1. The Balaban J connectivity index is 1.63. The molecule has 0 bridgehead atoms. The number of fused-ring (bicyclic) bond motifs is 1. The summed E-state index contributed by atoms with van der Waals surface area (Å²) < 4.78 is 5.41. The van der Waals surface area contributed by atoms with Crippen molar-refractivity contribution in [2.24, 2.45) is 0 Å². The minimum absolute atomic E-state index is 0.0692. The minimum atomic E-state index is -0.430. The van der Waals surface area contributed by atoms with Crippen LogP contribution in [-0.2, 0) is 20.9 Å². The number of carbonyl (C=O) groups excluding carboxylic acids is 2. The van der Waals surface area contributed by atoms with Crippen molar-refractivity contribution in [1.82, 2.24) is 4.90 Å². The average Bonchev–Trinajstić information content (AvgIpc) is 2.95. The van der Waals surface area contributed by atoms with E-state index in [0.717, 1.165) is 12.0 Å². The molecule has 0 aliphatic carbocycles. The highest BCUT2D eigenvalue weighted by atomic mass is 32.2. The van der Waals surface area contributed by atoms with Crippen LogP contribution in [0.25, 0.3) is 0 Å². The Kier molecular flexibility index (Phi) is 3.69. The van der Waals surface area contributed by atoms with Gasteiger partial charge in [-0.15, -0.1) is 11.8 Å². The van der Waals surface area contributed by atoms with Crippen LogP contribution in [0.2, 0.25) is 0 Å². The predicted molar refractivity (Wildman–Crippen MR) is 81.7 cm³/mol. The number of nitrogens with zero attached hydrogens (tertiary/aromatic N) is 1. The molecule has 2 saturated heterocycles. The van der Waals surface area contributed by atoms with Crippen molar-refractivity contribution in [2.45, 2.75) is 44.2 Å². The number of amides is 1. The molecule has 1 aromatic carbocycles. The van der Waals surface area contributed by atoms with Crippen LogP contribution in [0.1, 0.15) is 30.9 Å². The SMILES string of the molecule is Cc1ccc(COC(=O)[C@@H]2CS[C@@]3(C)CCC(=O)N23)cc1. The molecule has 112 valence electrons. The minimum Gasteiger partial charge on any atom is -0.459 e. The fourth-order valence-corrected chi connectivity index (χ4v) is 4.35. The fourth-order valence-electron chi connectivity index (χ4n) is 2.93. The lowest BCUT2D eigenvalue weighted by atomic mass is 10.2. The van der Waals surface area contributed by atoms with Gasteiger partial charge in [-0.2, -0.15) is 0 Å². The first-order chi connectivity index (χ1) is 9.99. The van der Waals surface area contributed by atoms with E-state index in [2.05, 4.69) is 0 Å². The largest absolute Gasteiger partial charge is 0.459 e. The van der Waals surface area contributed by atoms with Crippen LogP contribution in [0.15, 0.2) is 24.3 Å². The molecule has 2 aliphatic heterocycles. The number of rotatable bonds is 3. The average molecular weight is 305 g/mol. The molecule has 0 saturated carbocycles. The van der Waals surface area contributed by atoms with Gasteiger partial charge >= 0.3 is 5.97 Å². The molecule has 1 amide bonds. The van der Waals surface area contributed by atoms with Gasteiger partial charge in [-0.3, -0.25) is 4.79 Å². The van der Waals surface area contributed by atoms with Crippen LogP contribution in [-0.4, -0.2) is 33.4 Å². The van der Waals surface area contributed by atoms with Crippen LogP contribution < -0.4 is 0 Å². The number of hydrogen-bond acceptors (Lipinski definition) is 4. The van der Waals surface area contributed by atoms with Crippen LogP contribution in [0.4, 0.5) is 0 Å². The van der Waals surface area contributed by atoms with E-state index >= 15 is 0 Å². The maximum atomic E-state index is 12.3. The number of benzene rings is 1. The van der Waals surface area contributed by atoms with Crippen LogP contribution in [0.5, 0.6) is 0 Å². The molecule has 4 nitrogen and oxygen atoms in total. The molecule has 2 heterocycles. The Morgan fingerprint density at radius 2 is 2.14 bits per heavy atom. The predicted octanol–water partition coefficient (Wildman–Crippen LogP) is 2.49. The van der Waals surface area contributed by atoms with Crippen molar-refractivity contribution in [3.63, 3.8) is 0 Å². The molecule has 5 heteroatoms. The van der Waals surface area contributed by atoms with Gasteiger partial charge in [-0.1, -0.05) is 29.8 Å². The Morgan fingerprint density at radius 3 is 2.86 bits per heavy atom. The highest BCUT2D eigenvalue weighted by molar-refractivity contribution is 8.01. The maximum absolute atomic E-state index is 12.3. The molecule has 2 aliphatic rings.